The van der Waals surface area contributed by atoms with Crippen LogP contribution < -0.4 is 10.2 Å². The zero-order chi connectivity index (χ0) is 21.3. The summed E-state index contributed by atoms with van der Waals surface area (Å²) in [6.07, 6.45) is 2.13. The third-order valence-corrected chi connectivity index (χ3v) is 5.27. The second-order valence-electron chi connectivity index (χ2n) is 7.08. The predicted molar refractivity (Wildman–Crippen MR) is 106 cm³/mol. The Morgan fingerprint density at radius 1 is 1.23 bits per heavy atom. The number of aryl methyl sites for hydroxylation is 2. The Bertz CT molecular complexity index is 1000. The number of aromatic nitrogens is 2. The van der Waals surface area contributed by atoms with E-state index in [4.69, 9.17) is 9.47 Å². The van der Waals surface area contributed by atoms with E-state index < -0.39 is 24.4 Å². The van der Waals surface area contributed by atoms with Crippen LogP contribution in [0.15, 0.2) is 24.4 Å². The minimum Gasteiger partial charge on any atom is -0.453 e. The SMILES string of the molecule is COC(=O)NC[C@H]1CN(c2ccc3c(c2)CCCc2cnn(C(=O)OC)c2-3)C(=O)O1. The molecule has 1 N–H and O–H groups in total. The van der Waals surface area contributed by atoms with Crippen LogP contribution in [0.2, 0.25) is 0 Å². The van der Waals surface area contributed by atoms with Crippen LogP contribution in [0.25, 0.3) is 11.3 Å². The Labute approximate surface area is 172 Å². The van der Waals surface area contributed by atoms with Gasteiger partial charge in [0.1, 0.15) is 6.10 Å². The lowest BCUT2D eigenvalue weighted by Crippen LogP contribution is -2.34. The molecule has 2 aliphatic rings. The maximum Gasteiger partial charge on any atom is 0.434 e. The summed E-state index contributed by atoms with van der Waals surface area (Å²) in [6.45, 7) is 0.481. The standard InChI is InChI=1S/C20H22N4O6/c1-28-18(25)21-10-15-11-23(19(26)30-15)14-6-7-16-12(8-14)4-3-5-13-9-22-24(17(13)16)20(27)29-2/h6-9,15H,3-5,10-11H2,1-2H3,(H,21,25)/t15-/m0/s1. The molecule has 10 nitrogen and oxygen atoms in total. The maximum atomic E-state index is 12.4. The molecule has 10 heteroatoms. The van der Waals surface area contributed by atoms with Gasteiger partial charge in [-0.15, -0.1) is 0 Å². The Morgan fingerprint density at radius 3 is 2.80 bits per heavy atom. The number of ether oxygens (including phenoxy) is 3. The smallest absolute Gasteiger partial charge is 0.434 e. The number of nitrogens with zero attached hydrogens (tertiary/aromatic N) is 3. The fourth-order valence-electron chi connectivity index (χ4n) is 3.84. The highest BCUT2D eigenvalue weighted by Crippen LogP contribution is 2.35. The third kappa shape index (κ3) is 3.56. The van der Waals surface area contributed by atoms with Crippen molar-refractivity contribution in [2.45, 2.75) is 25.4 Å². The minimum absolute atomic E-state index is 0.168. The van der Waals surface area contributed by atoms with Crippen LogP contribution in [0.4, 0.5) is 20.1 Å². The van der Waals surface area contributed by atoms with Crippen molar-refractivity contribution in [3.8, 4) is 11.3 Å². The van der Waals surface area contributed by atoms with Gasteiger partial charge in [-0.3, -0.25) is 4.90 Å². The van der Waals surface area contributed by atoms with Crippen molar-refractivity contribution < 1.29 is 28.6 Å². The molecule has 1 fully saturated rings. The van der Waals surface area contributed by atoms with Crippen molar-refractivity contribution in [2.75, 3.05) is 32.2 Å². The predicted octanol–water partition coefficient (Wildman–Crippen LogP) is 2.33. The van der Waals surface area contributed by atoms with Crippen molar-refractivity contribution in [2.24, 2.45) is 0 Å². The number of rotatable bonds is 3. The molecule has 1 aromatic carbocycles. The molecule has 0 spiro atoms. The number of carbonyl (C=O) groups is 3. The highest BCUT2D eigenvalue weighted by Gasteiger charge is 2.33. The largest absolute Gasteiger partial charge is 0.453 e. The first-order valence-corrected chi connectivity index (χ1v) is 9.60. The average Bonchev–Trinajstić information content (AvgIpc) is 3.29. The van der Waals surface area contributed by atoms with E-state index in [1.54, 1.807) is 6.20 Å². The summed E-state index contributed by atoms with van der Waals surface area (Å²) in [5.41, 5.74) is 4.32. The number of amides is 2. The first-order valence-electron chi connectivity index (χ1n) is 9.60. The maximum absolute atomic E-state index is 12.4. The van der Waals surface area contributed by atoms with Crippen LogP contribution in [0.5, 0.6) is 0 Å². The van der Waals surface area contributed by atoms with Crippen LogP contribution in [-0.4, -0.2) is 61.5 Å². The van der Waals surface area contributed by atoms with E-state index in [0.717, 1.165) is 41.6 Å². The van der Waals surface area contributed by atoms with Crippen LogP contribution in [-0.2, 0) is 27.1 Å². The van der Waals surface area contributed by atoms with E-state index in [0.29, 0.717) is 12.2 Å². The van der Waals surface area contributed by atoms with Crippen LogP contribution >= 0.6 is 0 Å². The molecule has 0 bridgehead atoms. The third-order valence-electron chi connectivity index (χ3n) is 5.27. The molecule has 2 aromatic rings. The number of methoxy groups -OCH3 is 2. The molecule has 4 rings (SSSR count). The summed E-state index contributed by atoms with van der Waals surface area (Å²) in [6, 6.07) is 5.65. The molecule has 1 atom stereocenters. The first-order chi connectivity index (χ1) is 14.5. The number of hydrogen-bond donors (Lipinski definition) is 1. The van der Waals surface area contributed by atoms with E-state index in [1.165, 1.54) is 23.8 Å². The molecule has 1 saturated heterocycles. The Kier molecular flexibility index (Phi) is 5.30. The Morgan fingerprint density at radius 2 is 2.03 bits per heavy atom. The van der Waals surface area contributed by atoms with Crippen molar-refractivity contribution in [3.05, 3.63) is 35.5 Å². The van der Waals surface area contributed by atoms with Crippen LogP contribution in [0.3, 0.4) is 0 Å². The lowest BCUT2D eigenvalue weighted by molar-refractivity contribution is 0.132. The van der Waals surface area contributed by atoms with Gasteiger partial charge in [0.05, 0.1) is 39.2 Å². The molecule has 30 heavy (non-hydrogen) atoms. The fourth-order valence-corrected chi connectivity index (χ4v) is 3.84. The van der Waals surface area contributed by atoms with Crippen molar-refractivity contribution in [1.29, 1.82) is 0 Å². The van der Waals surface area contributed by atoms with Gasteiger partial charge in [-0.05, 0) is 42.5 Å². The van der Waals surface area contributed by atoms with Gasteiger partial charge in [0, 0.05) is 11.3 Å². The van der Waals surface area contributed by atoms with E-state index in [9.17, 15) is 14.4 Å². The number of benzene rings is 1. The van der Waals surface area contributed by atoms with Crippen molar-refractivity contribution >= 4 is 24.0 Å². The van der Waals surface area contributed by atoms with Crippen molar-refractivity contribution in [3.63, 3.8) is 0 Å². The summed E-state index contributed by atoms with van der Waals surface area (Å²) < 4.78 is 16.0. The van der Waals surface area contributed by atoms with Gasteiger partial charge >= 0.3 is 18.3 Å². The second-order valence-corrected chi connectivity index (χ2v) is 7.08. The van der Waals surface area contributed by atoms with Gasteiger partial charge in [0.25, 0.3) is 0 Å². The second kappa shape index (κ2) is 8.05. The topological polar surface area (TPSA) is 112 Å². The summed E-state index contributed by atoms with van der Waals surface area (Å²) >= 11 is 0. The first kappa shape index (κ1) is 19.7. The van der Waals surface area contributed by atoms with Gasteiger partial charge in [-0.1, -0.05) is 6.07 Å². The van der Waals surface area contributed by atoms with Gasteiger partial charge in [0.15, 0.2) is 0 Å². The summed E-state index contributed by atoms with van der Waals surface area (Å²) in [5, 5.41) is 6.72. The van der Waals surface area contributed by atoms with Gasteiger partial charge < -0.3 is 19.5 Å². The Hall–Kier alpha value is -3.56. The lowest BCUT2D eigenvalue weighted by atomic mass is 10.0. The molecule has 158 valence electrons. The van der Waals surface area contributed by atoms with Crippen molar-refractivity contribution in [1.82, 2.24) is 15.1 Å². The van der Waals surface area contributed by atoms with Crippen LogP contribution in [0.1, 0.15) is 17.5 Å². The lowest BCUT2D eigenvalue weighted by Gasteiger charge is -2.17. The molecular weight excluding hydrogens is 392 g/mol. The number of alkyl carbamates (subject to hydrolysis) is 1. The summed E-state index contributed by atoms with van der Waals surface area (Å²) in [4.78, 5) is 37.3. The number of cyclic esters (lactones) is 1. The molecule has 2 heterocycles. The number of nitrogens with one attached hydrogen (secondary N) is 1. The molecule has 2 amide bonds. The van der Waals surface area contributed by atoms with E-state index in [-0.39, 0.29) is 6.54 Å². The van der Waals surface area contributed by atoms with Gasteiger partial charge in [0.2, 0.25) is 0 Å². The molecule has 1 aliphatic heterocycles. The zero-order valence-electron chi connectivity index (χ0n) is 16.7. The molecule has 1 aromatic heterocycles. The molecule has 0 radical (unpaired) electrons. The van der Waals surface area contributed by atoms with E-state index >= 15 is 0 Å². The molecule has 1 aliphatic carbocycles. The summed E-state index contributed by atoms with van der Waals surface area (Å²) in [7, 11) is 2.59. The highest BCUT2D eigenvalue weighted by molar-refractivity contribution is 5.91. The van der Waals surface area contributed by atoms with E-state index in [2.05, 4.69) is 15.2 Å². The Balaban J connectivity index is 1.60. The highest BCUT2D eigenvalue weighted by atomic mass is 16.6. The number of fused-ring (bicyclic) bond motifs is 3. The van der Waals surface area contributed by atoms with Gasteiger partial charge in [-0.2, -0.15) is 9.78 Å². The molecule has 0 saturated carbocycles. The molecule has 0 unspecified atom stereocenters. The van der Waals surface area contributed by atoms with Crippen LogP contribution in [0, 0.1) is 0 Å². The fraction of sp³-hybridized carbons (Fsp3) is 0.400. The minimum atomic E-state index is -0.576. The monoisotopic (exact) mass is 414 g/mol. The number of anilines is 1. The van der Waals surface area contributed by atoms with Gasteiger partial charge in [-0.25, -0.2) is 14.4 Å². The quantitative estimate of drug-likeness (QED) is 0.767. The number of carbonyl (C=O) groups excluding carboxylic acids is 3. The normalized spacial score (nSPS) is 17.5. The van der Waals surface area contributed by atoms with E-state index in [1.807, 2.05) is 18.2 Å². The average molecular weight is 414 g/mol. The molecular formula is C20H22N4O6. The number of hydrogen-bond acceptors (Lipinski definition) is 7. The summed E-state index contributed by atoms with van der Waals surface area (Å²) in [5.74, 6) is 0. The zero-order valence-corrected chi connectivity index (χ0v) is 16.7.